The fraction of sp³-hybridized carbons (Fsp3) is 0.300. The van der Waals surface area contributed by atoms with Gasteiger partial charge < -0.3 is 10.7 Å². The van der Waals surface area contributed by atoms with Gasteiger partial charge in [-0.1, -0.05) is 12.2 Å². The highest BCUT2D eigenvalue weighted by Gasteiger charge is 2.07. The first-order valence-electron chi connectivity index (χ1n) is 5.06. The Morgan fingerprint density at radius 2 is 2.19 bits per heavy atom. The van der Waals surface area contributed by atoms with E-state index in [1.807, 2.05) is 19.1 Å². The molecule has 0 aliphatic carbocycles. The van der Waals surface area contributed by atoms with Crippen molar-refractivity contribution in [2.45, 2.75) is 19.8 Å². The summed E-state index contributed by atoms with van der Waals surface area (Å²) in [6.45, 7) is 1.96. The Balaban J connectivity index is 2.36. The van der Waals surface area contributed by atoms with Crippen molar-refractivity contribution in [1.82, 2.24) is 19.9 Å². The molecule has 84 valence electrons. The van der Waals surface area contributed by atoms with Gasteiger partial charge >= 0.3 is 0 Å². The highest BCUT2D eigenvalue weighted by atomic mass is 16.1. The third kappa shape index (κ3) is 1.95. The number of aryl methyl sites for hydroxylation is 1. The maximum atomic E-state index is 11.5. The molecule has 0 atom stereocenters. The van der Waals surface area contributed by atoms with E-state index in [1.165, 1.54) is 0 Å². The Kier molecular flexibility index (Phi) is 2.72. The van der Waals surface area contributed by atoms with Crippen molar-refractivity contribution in [1.29, 1.82) is 0 Å². The zero-order valence-electron chi connectivity index (χ0n) is 8.95. The topological polar surface area (TPSA) is 100 Å². The quantitative estimate of drug-likeness (QED) is 0.662. The summed E-state index contributed by atoms with van der Waals surface area (Å²) in [4.78, 5) is 25.0. The predicted molar refractivity (Wildman–Crippen MR) is 62.1 cm³/mol. The number of nitrogens with zero attached hydrogens (tertiary/aromatic N) is 2. The largest absolute Gasteiger partial charge is 0.369 e. The lowest BCUT2D eigenvalue weighted by atomic mass is 10.3. The average Bonchev–Trinajstić information content (AvgIpc) is 2.61. The lowest BCUT2D eigenvalue weighted by Crippen LogP contribution is -2.10. The predicted octanol–water partition coefficient (Wildman–Crippen LogP) is 0.737. The van der Waals surface area contributed by atoms with Crippen molar-refractivity contribution in [3.63, 3.8) is 0 Å². The van der Waals surface area contributed by atoms with E-state index < -0.39 is 0 Å². The maximum Gasteiger partial charge on any atom is 0.278 e. The SMILES string of the molecule is C/C=C/CCc1nc2nc(N)[nH]c(=O)c2[nH]1. The number of rotatable bonds is 3. The molecule has 0 aromatic carbocycles. The van der Waals surface area contributed by atoms with Gasteiger partial charge in [0.2, 0.25) is 5.95 Å². The van der Waals surface area contributed by atoms with Gasteiger partial charge in [-0.3, -0.25) is 9.78 Å². The second-order valence-electron chi connectivity index (χ2n) is 3.44. The van der Waals surface area contributed by atoms with Crippen LogP contribution < -0.4 is 11.3 Å². The molecule has 0 aliphatic rings. The molecule has 2 aromatic rings. The number of H-pyrrole nitrogens is 2. The molecule has 2 aromatic heterocycles. The van der Waals surface area contributed by atoms with Gasteiger partial charge in [-0.15, -0.1) is 0 Å². The minimum atomic E-state index is -0.285. The van der Waals surface area contributed by atoms with Crippen molar-refractivity contribution < 1.29 is 0 Å². The highest BCUT2D eigenvalue weighted by molar-refractivity contribution is 5.70. The Hall–Kier alpha value is -2.11. The lowest BCUT2D eigenvalue weighted by molar-refractivity contribution is 0.914. The van der Waals surface area contributed by atoms with Gasteiger partial charge in [-0.05, 0) is 13.3 Å². The summed E-state index contributed by atoms with van der Waals surface area (Å²) in [6, 6.07) is 0. The zero-order valence-corrected chi connectivity index (χ0v) is 8.95. The number of allylic oxidation sites excluding steroid dienone is 2. The highest BCUT2D eigenvalue weighted by Crippen LogP contribution is 2.06. The number of aromatic amines is 2. The zero-order chi connectivity index (χ0) is 11.5. The Labute approximate surface area is 91.6 Å². The van der Waals surface area contributed by atoms with E-state index in [2.05, 4.69) is 19.9 Å². The fourth-order valence-corrected chi connectivity index (χ4v) is 1.48. The van der Waals surface area contributed by atoms with E-state index in [9.17, 15) is 4.79 Å². The van der Waals surface area contributed by atoms with Crippen molar-refractivity contribution >= 4 is 17.1 Å². The summed E-state index contributed by atoms with van der Waals surface area (Å²) in [7, 11) is 0. The number of nitrogens with one attached hydrogen (secondary N) is 2. The molecule has 0 aliphatic heterocycles. The number of nitrogens with two attached hydrogens (primary N) is 1. The van der Waals surface area contributed by atoms with Crippen molar-refractivity contribution in [2.24, 2.45) is 0 Å². The summed E-state index contributed by atoms with van der Waals surface area (Å²) >= 11 is 0. The molecule has 0 amide bonds. The first-order chi connectivity index (χ1) is 7.70. The molecular weight excluding hydrogens is 206 g/mol. The first kappa shape index (κ1) is 10.4. The second-order valence-corrected chi connectivity index (χ2v) is 3.44. The van der Waals surface area contributed by atoms with Crippen molar-refractivity contribution in [2.75, 3.05) is 5.73 Å². The van der Waals surface area contributed by atoms with Crippen LogP contribution in [0.2, 0.25) is 0 Å². The normalized spacial score (nSPS) is 11.6. The van der Waals surface area contributed by atoms with Gasteiger partial charge in [0.15, 0.2) is 11.2 Å². The van der Waals surface area contributed by atoms with Crippen LogP contribution in [-0.2, 0) is 6.42 Å². The molecule has 0 saturated carbocycles. The molecule has 6 nitrogen and oxygen atoms in total. The standard InChI is InChI=1S/C10H13N5O/c1-2-3-4-5-6-12-7-8(13-6)14-10(11)15-9(7)16/h2-3H,4-5H2,1H3,(H4,11,12,13,14,15,16)/b3-2+. The molecule has 2 rings (SSSR count). The van der Waals surface area contributed by atoms with Crippen LogP contribution in [0, 0.1) is 0 Å². The van der Waals surface area contributed by atoms with Gasteiger partial charge in [0, 0.05) is 6.42 Å². The molecule has 0 unspecified atom stereocenters. The molecule has 0 bridgehead atoms. The van der Waals surface area contributed by atoms with E-state index in [4.69, 9.17) is 5.73 Å². The number of hydrogen-bond donors (Lipinski definition) is 3. The summed E-state index contributed by atoms with van der Waals surface area (Å²) in [5.41, 5.74) is 5.89. The summed E-state index contributed by atoms with van der Waals surface area (Å²) < 4.78 is 0. The van der Waals surface area contributed by atoms with E-state index in [-0.39, 0.29) is 11.5 Å². The molecule has 2 heterocycles. The van der Waals surface area contributed by atoms with Crippen molar-refractivity contribution in [3.05, 3.63) is 28.3 Å². The summed E-state index contributed by atoms with van der Waals surface area (Å²) in [5.74, 6) is 0.834. The first-order valence-corrected chi connectivity index (χ1v) is 5.06. The molecule has 4 N–H and O–H groups in total. The molecular formula is C10H13N5O. The fourth-order valence-electron chi connectivity index (χ4n) is 1.48. The van der Waals surface area contributed by atoms with E-state index >= 15 is 0 Å². The summed E-state index contributed by atoms with van der Waals surface area (Å²) in [5, 5.41) is 0. The van der Waals surface area contributed by atoms with Crippen LogP contribution in [0.25, 0.3) is 11.2 Å². The van der Waals surface area contributed by atoms with Gasteiger partial charge in [0.05, 0.1) is 0 Å². The van der Waals surface area contributed by atoms with Crippen LogP contribution in [0.5, 0.6) is 0 Å². The van der Waals surface area contributed by atoms with Gasteiger partial charge in [-0.25, -0.2) is 4.98 Å². The molecule has 0 saturated heterocycles. The van der Waals surface area contributed by atoms with Gasteiger partial charge in [0.25, 0.3) is 5.56 Å². The Morgan fingerprint density at radius 1 is 1.38 bits per heavy atom. The van der Waals surface area contributed by atoms with E-state index in [0.29, 0.717) is 11.2 Å². The minimum Gasteiger partial charge on any atom is -0.369 e. The third-order valence-corrected chi connectivity index (χ3v) is 2.21. The minimum absolute atomic E-state index is 0.0870. The van der Waals surface area contributed by atoms with Crippen molar-refractivity contribution in [3.8, 4) is 0 Å². The maximum absolute atomic E-state index is 11.5. The number of aromatic nitrogens is 4. The molecule has 0 radical (unpaired) electrons. The number of fused-ring (bicyclic) bond motifs is 1. The average molecular weight is 219 g/mol. The molecule has 16 heavy (non-hydrogen) atoms. The van der Waals surface area contributed by atoms with Crippen LogP contribution in [0.4, 0.5) is 5.95 Å². The number of imidazole rings is 1. The second kappa shape index (κ2) is 4.18. The Morgan fingerprint density at radius 3 is 2.94 bits per heavy atom. The molecule has 6 heteroatoms. The summed E-state index contributed by atoms with van der Waals surface area (Å²) in [6.07, 6.45) is 5.65. The molecule has 0 fully saturated rings. The monoisotopic (exact) mass is 219 g/mol. The third-order valence-electron chi connectivity index (χ3n) is 2.21. The van der Waals surface area contributed by atoms with E-state index in [1.54, 1.807) is 0 Å². The van der Waals surface area contributed by atoms with Crippen LogP contribution >= 0.6 is 0 Å². The number of hydrogen-bond acceptors (Lipinski definition) is 4. The smallest absolute Gasteiger partial charge is 0.278 e. The van der Waals surface area contributed by atoms with Gasteiger partial charge in [0.1, 0.15) is 5.82 Å². The lowest BCUT2D eigenvalue weighted by Gasteiger charge is -1.89. The van der Waals surface area contributed by atoms with Crippen LogP contribution in [-0.4, -0.2) is 19.9 Å². The number of nitrogen functional groups attached to an aromatic ring is 1. The van der Waals surface area contributed by atoms with Crippen LogP contribution in [0.3, 0.4) is 0 Å². The number of anilines is 1. The van der Waals surface area contributed by atoms with Crippen LogP contribution in [0.1, 0.15) is 19.2 Å². The van der Waals surface area contributed by atoms with Crippen LogP contribution in [0.15, 0.2) is 16.9 Å². The van der Waals surface area contributed by atoms with E-state index in [0.717, 1.165) is 18.7 Å². The molecule has 0 spiro atoms. The van der Waals surface area contributed by atoms with Gasteiger partial charge in [-0.2, -0.15) is 4.98 Å². The Bertz CT molecular complexity index is 580.